The molecule has 1 aromatic carbocycles. The molecule has 0 amide bonds. The van der Waals surface area contributed by atoms with Crippen molar-refractivity contribution in [1.82, 2.24) is 14.8 Å². The van der Waals surface area contributed by atoms with Crippen molar-refractivity contribution in [2.75, 3.05) is 19.0 Å². The maximum absolute atomic E-state index is 10.7. The van der Waals surface area contributed by atoms with E-state index in [-0.39, 0.29) is 5.69 Å². The largest absolute Gasteiger partial charge is 0.383 e. The van der Waals surface area contributed by atoms with Gasteiger partial charge < -0.3 is 10.1 Å². The van der Waals surface area contributed by atoms with E-state index in [1.165, 1.54) is 23.5 Å². The van der Waals surface area contributed by atoms with Crippen molar-refractivity contribution in [2.24, 2.45) is 0 Å². The normalized spacial score (nSPS) is 10.8. The molecule has 0 saturated heterocycles. The summed E-state index contributed by atoms with van der Waals surface area (Å²) in [6, 6.07) is 6.35. The summed E-state index contributed by atoms with van der Waals surface area (Å²) in [5.41, 5.74) is 3.44. The van der Waals surface area contributed by atoms with E-state index >= 15 is 0 Å². The van der Waals surface area contributed by atoms with Crippen LogP contribution in [0.2, 0.25) is 0 Å². The fourth-order valence-electron chi connectivity index (χ4n) is 2.27. The Morgan fingerprint density at radius 3 is 2.80 bits per heavy atom. The van der Waals surface area contributed by atoms with Gasteiger partial charge in [-0.2, -0.15) is 5.10 Å². The van der Waals surface area contributed by atoms with Crippen LogP contribution >= 0.6 is 11.3 Å². The molecule has 0 unspecified atom stereocenters. The minimum atomic E-state index is -0.415. The van der Waals surface area contributed by atoms with Gasteiger partial charge in [-0.25, -0.2) is 4.98 Å². The lowest BCUT2D eigenvalue weighted by Gasteiger charge is -2.00. The first-order valence-electron chi connectivity index (χ1n) is 7.57. The molecule has 130 valence electrons. The third kappa shape index (κ3) is 4.01. The van der Waals surface area contributed by atoms with Crippen molar-refractivity contribution >= 4 is 27.8 Å². The van der Waals surface area contributed by atoms with Crippen molar-refractivity contribution in [3.05, 3.63) is 51.7 Å². The maximum Gasteiger partial charge on any atom is 0.269 e. The molecule has 0 radical (unpaired) electrons. The number of non-ortho nitro benzene ring substituents is 1. The number of nitrogens with one attached hydrogen (secondary N) is 1. The first kappa shape index (κ1) is 17.1. The second-order valence-electron chi connectivity index (χ2n) is 5.35. The van der Waals surface area contributed by atoms with Crippen molar-refractivity contribution in [2.45, 2.75) is 13.5 Å². The number of methoxy groups -OCH3 is 1. The first-order chi connectivity index (χ1) is 12.1. The SMILES string of the molecule is COCCn1cc(Nc2nc(-c3ccc([N+](=O)[O-])cc3)cs2)c(C)n1. The third-order valence-electron chi connectivity index (χ3n) is 3.59. The Bertz CT molecular complexity index is 872. The highest BCUT2D eigenvalue weighted by Gasteiger charge is 2.10. The average molecular weight is 359 g/mol. The summed E-state index contributed by atoms with van der Waals surface area (Å²) in [5, 5.41) is 21.1. The molecule has 25 heavy (non-hydrogen) atoms. The van der Waals surface area contributed by atoms with E-state index in [0.29, 0.717) is 13.2 Å². The second-order valence-corrected chi connectivity index (χ2v) is 6.21. The highest BCUT2D eigenvalue weighted by molar-refractivity contribution is 7.14. The number of nitro groups is 1. The highest BCUT2D eigenvalue weighted by Crippen LogP contribution is 2.29. The van der Waals surface area contributed by atoms with Gasteiger partial charge >= 0.3 is 0 Å². The summed E-state index contributed by atoms with van der Waals surface area (Å²) < 4.78 is 6.88. The van der Waals surface area contributed by atoms with Crippen molar-refractivity contribution in [1.29, 1.82) is 0 Å². The molecule has 3 aromatic rings. The second kappa shape index (κ2) is 7.41. The number of nitrogens with zero attached hydrogens (tertiary/aromatic N) is 4. The van der Waals surface area contributed by atoms with Gasteiger partial charge in [0, 0.05) is 36.4 Å². The number of hydrogen-bond acceptors (Lipinski definition) is 7. The number of hydrogen-bond donors (Lipinski definition) is 1. The molecule has 0 atom stereocenters. The molecule has 3 rings (SSSR count). The van der Waals surface area contributed by atoms with Gasteiger partial charge in [-0.05, 0) is 19.1 Å². The molecular weight excluding hydrogens is 342 g/mol. The molecular formula is C16H17N5O3S. The molecule has 2 heterocycles. The molecule has 0 aliphatic heterocycles. The summed E-state index contributed by atoms with van der Waals surface area (Å²) in [6.07, 6.45) is 1.92. The van der Waals surface area contributed by atoms with Crippen LogP contribution in [0.4, 0.5) is 16.5 Å². The Labute approximate surface area is 148 Å². The summed E-state index contributed by atoms with van der Waals surface area (Å²) in [4.78, 5) is 14.8. The van der Waals surface area contributed by atoms with E-state index in [9.17, 15) is 10.1 Å². The maximum atomic E-state index is 10.7. The van der Waals surface area contributed by atoms with Gasteiger partial charge in [-0.15, -0.1) is 11.3 Å². The van der Waals surface area contributed by atoms with Gasteiger partial charge in [0.05, 0.1) is 35.2 Å². The molecule has 0 spiro atoms. The fourth-order valence-corrected chi connectivity index (χ4v) is 3.00. The van der Waals surface area contributed by atoms with Gasteiger partial charge in [0.2, 0.25) is 0 Å². The van der Waals surface area contributed by atoms with Crippen molar-refractivity contribution in [3.8, 4) is 11.3 Å². The molecule has 0 saturated carbocycles. The quantitative estimate of drug-likeness (QED) is 0.511. The molecule has 2 aromatic heterocycles. The van der Waals surface area contributed by atoms with Gasteiger partial charge in [0.15, 0.2) is 5.13 Å². The van der Waals surface area contributed by atoms with E-state index < -0.39 is 4.92 Å². The number of thiazole rings is 1. The van der Waals surface area contributed by atoms with Crippen LogP contribution in [-0.2, 0) is 11.3 Å². The predicted octanol–water partition coefficient (Wildman–Crippen LogP) is 3.61. The van der Waals surface area contributed by atoms with E-state index in [0.717, 1.165) is 27.8 Å². The molecule has 1 N–H and O–H groups in total. The van der Waals surface area contributed by atoms with Crippen LogP contribution in [0.15, 0.2) is 35.8 Å². The Balaban J connectivity index is 1.73. The van der Waals surface area contributed by atoms with Gasteiger partial charge in [0.1, 0.15) is 0 Å². The van der Waals surface area contributed by atoms with Crippen LogP contribution < -0.4 is 5.32 Å². The number of benzene rings is 1. The highest BCUT2D eigenvalue weighted by atomic mass is 32.1. The Hall–Kier alpha value is -2.78. The summed E-state index contributed by atoms with van der Waals surface area (Å²) >= 11 is 1.47. The number of aryl methyl sites for hydroxylation is 1. The van der Waals surface area contributed by atoms with Crippen molar-refractivity contribution < 1.29 is 9.66 Å². The van der Waals surface area contributed by atoms with Crippen LogP contribution in [0.3, 0.4) is 0 Å². The van der Waals surface area contributed by atoms with E-state index in [1.54, 1.807) is 19.2 Å². The lowest BCUT2D eigenvalue weighted by molar-refractivity contribution is -0.384. The zero-order valence-corrected chi connectivity index (χ0v) is 14.6. The molecule has 0 fully saturated rings. The third-order valence-corrected chi connectivity index (χ3v) is 4.35. The zero-order valence-electron chi connectivity index (χ0n) is 13.8. The van der Waals surface area contributed by atoms with Gasteiger partial charge in [0.25, 0.3) is 5.69 Å². The minimum Gasteiger partial charge on any atom is -0.383 e. The average Bonchev–Trinajstić information content (AvgIpc) is 3.20. The minimum absolute atomic E-state index is 0.0661. The Kier molecular flexibility index (Phi) is 5.05. The lowest BCUT2D eigenvalue weighted by atomic mass is 10.1. The fraction of sp³-hybridized carbons (Fsp3) is 0.250. The first-order valence-corrected chi connectivity index (χ1v) is 8.45. The van der Waals surface area contributed by atoms with Gasteiger partial charge in [-0.1, -0.05) is 0 Å². The topological polar surface area (TPSA) is 95.1 Å². The predicted molar refractivity (Wildman–Crippen MR) is 96.3 cm³/mol. The molecule has 0 aliphatic carbocycles. The Morgan fingerprint density at radius 2 is 2.12 bits per heavy atom. The standard InChI is InChI=1S/C16H17N5O3S/c1-11-14(9-20(19-11)7-8-24-2)17-16-18-15(10-25-16)12-3-5-13(6-4-12)21(22)23/h3-6,9-10H,7-8H2,1-2H3,(H,17,18). The number of nitro benzene ring substituents is 1. The lowest BCUT2D eigenvalue weighted by Crippen LogP contribution is -2.04. The van der Waals surface area contributed by atoms with Crippen LogP contribution in [0.5, 0.6) is 0 Å². The van der Waals surface area contributed by atoms with E-state index in [2.05, 4.69) is 15.4 Å². The van der Waals surface area contributed by atoms with Crippen LogP contribution in [-0.4, -0.2) is 33.4 Å². The number of rotatable bonds is 7. The monoisotopic (exact) mass is 359 g/mol. The number of anilines is 2. The van der Waals surface area contributed by atoms with Crippen molar-refractivity contribution in [3.63, 3.8) is 0 Å². The molecule has 0 aliphatic rings. The van der Waals surface area contributed by atoms with Crippen LogP contribution in [0, 0.1) is 17.0 Å². The van der Waals surface area contributed by atoms with Crippen LogP contribution in [0.1, 0.15) is 5.69 Å². The summed E-state index contributed by atoms with van der Waals surface area (Å²) in [5.74, 6) is 0. The van der Waals surface area contributed by atoms with Crippen LogP contribution in [0.25, 0.3) is 11.3 Å². The van der Waals surface area contributed by atoms with Gasteiger partial charge in [-0.3, -0.25) is 14.8 Å². The zero-order chi connectivity index (χ0) is 17.8. The van der Waals surface area contributed by atoms with E-state index in [1.807, 2.05) is 23.2 Å². The summed E-state index contributed by atoms with van der Waals surface area (Å²) in [7, 11) is 1.66. The smallest absolute Gasteiger partial charge is 0.269 e. The molecule has 9 heteroatoms. The number of aromatic nitrogens is 3. The molecule has 0 bridgehead atoms. The van der Waals surface area contributed by atoms with E-state index in [4.69, 9.17) is 4.74 Å². The summed E-state index contributed by atoms with van der Waals surface area (Å²) in [6.45, 7) is 3.21. The molecule has 8 nitrogen and oxygen atoms in total. The Morgan fingerprint density at radius 1 is 1.36 bits per heavy atom. The number of ether oxygens (including phenoxy) is 1.